The third-order valence-electron chi connectivity index (χ3n) is 4.85. The molecule has 2 N–H and O–H groups in total. The fourth-order valence-electron chi connectivity index (χ4n) is 3.33. The standard InChI is InChI=1S/C20H27N3O3/c1-3-23-13-17(19(22-23)15-7-9-26-10-8-15)20(25)21-12-18(24)16-6-4-5-14(2)11-16/h4-6,11,13,15,18,24H,3,7-10,12H2,1-2H3,(H,21,25). The van der Waals surface area contributed by atoms with Crippen LogP contribution in [-0.4, -0.2) is 40.6 Å². The van der Waals surface area contributed by atoms with Crippen LogP contribution in [0.4, 0.5) is 0 Å². The van der Waals surface area contributed by atoms with E-state index in [2.05, 4.69) is 10.4 Å². The molecule has 0 bridgehead atoms. The van der Waals surface area contributed by atoms with Gasteiger partial charge in [-0.2, -0.15) is 5.10 Å². The largest absolute Gasteiger partial charge is 0.387 e. The van der Waals surface area contributed by atoms with Gasteiger partial charge in [-0.3, -0.25) is 9.48 Å². The van der Waals surface area contributed by atoms with Crippen molar-refractivity contribution in [2.75, 3.05) is 19.8 Å². The first-order chi connectivity index (χ1) is 12.6. The van der Waals surface area contributed by atoms with Crippen molar-refractivity contribution < 1.29 is 14.6 Å². The molecule has 6 heteroatoms. The van der Waals surface area contributed by atoms with Crippen LogP contribution in [-0.2, 0) is 11.3 Å². The Bertz CT molecular complexity index is 751. The number of aromatic nitrogens is 2. The van der Waals surface area contributed by atoms with Gasteiger partial charge in [-0.1, -0.05) is 29.8 Å². The van der Waals surface area contributed by atoms with Gasteiger partial charge in [-0.15, -0.1) is 0 Å². The average Bonchev–Trinajstić information content (AvgIpc) is 3.11. The van der Waals surface area contributed by atoms with Gasteiger partial charge in [0.05, 0.1) is 17.4 Å². The van der Waals surface area contributed by atoms with Gasteiger partial charge in [0.25, 0.3) is 5.91 Å². The summed E-state index contributed by atoms with van der Waals surface area (Å²) in [5.41, 5.74) is 3.34. The number of hydrogen-bond donors (Lipinski definition) is 2. The lowest BCUT2D eigenvalue weighted by molar-refractivity contribution is 0.0828. The van der Waals surface area contributed by atoms with Crippen LogP contribution in [0.1, 0.15) is 59.0 Å². The quantitative estimate of drug-likeness (QED) is 0.833. The van der Waals surface area contributed by atoms with Crippen LogP contribution in [0.25, 0.3) is 0 Å². The molecule has 6 nitrogen and oxygen atoms in total. The first-order valence-electron chi connectivity index (χ1n) is 9.26. The van der Waals surface area contributed by atoms with Gasteiger partial charge in [0, 0.05) is 38.4 Å². The molecule has 0 radical (unpaired) electrons. The number of ether oxygens (including phenoxy) is 1. The van der Waals surface area contributed by atoms with Crippen LogP contribution in [0.2, 0.25) is 0 Å². The molecular weight excluding hydrogens is 330 g/mol. The number of amides is 1. The molecule has 0 aliphatic carbocycles. The Morgan fingerprint density at radius 3 is 2.88 bits per heavy atom. The predicted octanol–water partition coefficient (Wildman–Crippen LogP) is 2.57. The highest BCUT2D eigenvalue weighted by molar-refractivity contribution is 5.95. The molecule has 1 amide bonds. The van der Waals surface area contributed by atoms with Gasteiger partial charge in [-0.25, -0.2) is 0 Å². The third-order valence-corrected chi connectivity index (χ3v) is 4.85. The normalized spacial score (nSPS) is 16.4. The van der Waals surface area contributed by atoms with Gasteiger partial charge < -0.3 is 15.2 Å². The number of rotatable bonds is 6. The van der Waals surface area contributed by atoms with Crippen LogP contribution < -0.4 is 5.32 Å². The molecule has 1 saturated heterocycles. The number of aliphatic hydroxyl groups excluding tert-OH is 1. The number of aryl methyl sites for hydroxylation is 2. The molecule has 26 heavy (non-hydrogen) atoms. The molecule has 1 fully saturated rings. The van der Waals surface area contributed by atoms with Crippen LogP contribution in [0.3, 0.4) is 0 Å². The van der Waals surface area contributed by atoms with Crippen molar-refractivity contribution in [3.63, 3.8) is 0 Å². The van der Waals surface area contributed by atoms with Crippen LogP contribution >= 0.6 is 0 Å². The summed E-state index contributed by atoms with van der Waals surface area (Å²) in [7, 11) is 0. The number of nitrogens with zero attached hydrogens (tertiary/aromatic N) is 2. The Balaban J connectivity index is 1.69. The van der Waals surface area contributed by atoms with E-state index >= 15 is 0 Å². The van der Waals surface area contributed by atoms with Crippen molar-refractivity contribution in [3.05, 3.63) is 52.8 Å². The minimum Gasteiger partial charge on any atom is -0.387 e. The number of benzene rings is 1. The van der Waals surface area contributed by atoms with Gasteiger partial charge in [0.1, 0.15) is 0 Å². The zero-order chi connectivity index (χ0) is 18.5. The van der Waals surface area contributed by atoms with E-state index in [1.54, 1.807) is 10.9 Å². The summed E-state index contributed by atoms with van der Waals surface area (Å²) in [4.78, 5) is 12.7. The number of carbonyl (C=O) groups is 1. The predicted molar refractivity (Wildman–Crippen MR) is 99.2 cm³/mol. The molecule has 1 atom stereocenters. The fraction of sp³-hybridized carbons (Fsp3) is 0.500. The minimum atomic E-state index is -0.730. The highest BCUT2D eigenvalue weighted by Crippen LogP contribution is 2.28. The second-order valence-electron chi connectivity index (χ2n) is 6.81. The number of carbonyl (C=O) groups excluding carboxylic acids is 1. The van der Waals surface area contributed by atoms with Crippen LogP contribution in [0.15, 0.2) is 30.5 Å². The summed E-state index contributed by atoms with van der Waals surface area (Å²) in [6.07, 6.45) is 2.84. The lowest BCUT2D eigenvalue weighted by Gasteiger charge is -2.21. The van der Waals surface area contributed by atoms with Gasteiger partial charge in [0.15, 0.2) is 0 Å². The lowest BCUT2D eigenvalue weighted by atomic mass is 9.94. The van der Waals surface area contributed by atoms with E-state index in [4.69, 9.17) is 4.74 Å². The van der Waals surface area contributed by atoms with Gasteiger partial charge >= 0.3 is 0 Å². The second-order valence-corrected chi connectivity index (χ2v) is 6.81. The van der Waals surface area contributed by atoms with Crippen molar-refractivity contribution in [2.24, 2.45) is 0 Å². The molecule has 140 valence electrons. The number of hydrogen-bond acceptors (Lipinski definition) is 4. The Morgan fingerprint density at radius 2 is 2.19 bits per heavy atom. The fourth-order valence-corrected chi connectivity index (χ4v) is 3.33. The number of aliphatic hydroxyl groups is 1. The summed E-state index contributed by atoms with van der Waals surface area (Å²) in [6, 6.07) is 7.68. The van der Waals surface area contributed by atoms with Crippen molar-refractivity contribution >= 4 is 5.91 Å². The first kappa shape index (κ1) is 18.6. The zero-order valence-electron chi connectivity index (χ0n) is 15.4. The maximum Gasteiger partial charge on any atom is 0.254 e. The monoisotopic (exact) mass is 357 g/mol. The summed E-state index contributed by atoms with van der Waals surface area (Å²) in [6.45, 7) is 6.29. The second kappa shape index (κ2) is 8.47. The summed E-state index contributed by atoms with van der Waals surface area (Å²) >= 11 is 0. The molecule has 2 aromatic rings. The van der Waals surface area contributed by atoms with Gasteiger partial charge in [0.2, 0.25) is 0 Å². The van der Waals surface area contributed by atoms with E-state index in [1.807, 2.05) is 38.1 Å². The summed E-state index contributed by atoms with van der Waals surface area (Å²) < 4.78 is 7.23. The Morgan fingerprint density at radius 1 is 1.42 bits per heavy atom. The van der Waals surface area contributed by atoms with E-state index in [9.17, 15) is 9.90 Å². The van der Waals surface area contributed by atoms with Crippen molar-refractivity contribution in [1.82, 2.24) is 15.1 Å². The molecule has 1 aromatic heterocycles. The molecule has 3 rings (SSSR count). The van der Waals surface area contributed by atoms with Gasteiger partial charge in [-0.05, 0) is 32.3 Å². The van der Waals surface area contributed by atoms with Crippen molar-refractivity contribution in [3.8, 4) is 0 Å². The Labute approximate surface area is 154 Å². The summed E-state index contributed by atoms with van der Waals surface area (Å²) in [5.74, 6) is 0.0666. The maximum atomic E-state index is 12.7. The molecule has 1 unspecified atom stereocenters. The SMILES string of the molecule is CCn1cc(C(=O)NCC(O)c2cccc(C)c2)c(C2CCOCC2)n1. The first-order valence-corrected chi connectivity index (χ1v) is 9.26. The molecule has 1 aliphatic rings. The van der Waals surface area contributed by atoms with E-state index < -0.39 is 6.10 Å². The van der Waals surface area contributed by atoms with Crippen molar-refractivity contribution in [2.45, 2.75) is 45.3 Å². The molecule has 0 spiro atoms. The minimum absolute atomic E-state index is 0.173. The highest BCUT2D eigenvalue weighted by Gasteiger charge is 2.25. The Hall–Kier alpha value is -2.18. The van der Waals surface area contributed by atoms with E-state index in [-0.39, 0.29) is 18.4 Å². The molecule has 1 aromatic carbocycles. The average molecular weight is 357 g/mol. The van der Waals surface area contributed by atoms with Crippen LogP contribution in [0.5, 0.6) is 0 Å². The van der Waals surface area contributed by atoms with E-state index in [1.165, 1.54) is 0 Å². The third kappa shape index (κ3) is 4.31. The lowest BCUT2D eigenvalue weighted by Crippen LogP contribution is -2.29. The number of nitrogens with one attached hydrogen (secondary N) is 1. The summed E-state index contributed by atoms with van der Waals surface area (Å²) in [5, 5.41) is 17.8. The highest BCUT2D eigenvalue weighted by atomic mass is 16.5. The van der Waals surface area contributed by atoms with Crippen molar-refractivity contribution in [1.29, 1.82) is 0 Å². The topological polar surface area (TPSA) is 76.4 Å². The van der Waals surface area contributed by atoms with Crippen LogP contribution in [0, 0.1) is 6.92 Å². The molecular formula is C20H27N3O3. The molecule has 1 aliphatic heterocycles. The maximum absolute atomic E-state index is 12.7. The Kier molecular flexibility index (Phi) is 6.06. The van der Waals surface area contributed by atoms with E-state index in [0.29, 0.717) is 18.8 Å². The zero-order valence-corrected chi connectivity index (χ0v) is 15.4. The molecule has 2 heterocycles. The smallest absolute Gasteiger partial charge is 0.254 e. The van der Waals surface area contributed by atoms with E-state index in [0.717, 1.165) is 36.2 Å². The molecule has 0 saturated carbocycles.